The molecule has 2 aliphatic rings. The molecular formula is C34H38N2O5. The molecule has 3 aromatic carbocycles. The molecule has 1 heterocycles. The van der Waals surface area contributed by atoms with E-state index in [-0.39, 0.29) is 6.10 Å². The van der Waals surface area contributed by atoms with Gasteiger partial charge in [0.05, 0.1) is 18.0 Å². The second-order valence-corrected chi connectivity index (χ2v) is 11.9. The molecule has 1 amide bonds. The van der Waals surface area contributed by atoms with Gasteiger partial charge in [0.1, 0.15) is 17.5 Å². The van der Waals surface area contributed by atoms with Crippen molar-refractivity contribution in [1.82, 2.24) is 4.90 Å². The van der Waals surface area contributed by atoms with Gasteiger partial charge < -0.3 is 14.2 Å². The number of carbonyl (C=O) groups excluding carboxylic acids is 2. The zero-order chi connectivity index (χ0) is 28.8. The number of likely N-dealkylation sites (tertiary alicyclic amines) is 1. The van der Waals surface area contributed by atoms with E-state index in [9.17, 15) is 9.59 Å². The lowest BCUT2D eigenvalue weighted by molar-refractivity contribution is -0.148. The molecule has 1 aliphatic carbocycles. The summed E-state index contributed by atoms with van der Waals surface area (Å²) in [6.07, 6.45) is 3.96. The van der Waals surface area contributed by atoms with E-state index in [0.717, 1.165) is 54.9 Å². The third-order valence-corrected chi connectivity index (χ3v) is 7.43. The van der Waals surface area contributed by atoms with Gasteiger partial charge >= 0.3 is 12.1 Å². The molecule has 1 aliphatic heterocycles. The lowest BCUT2D eigenvalue weighted by Gasteiger charge is -2.20. The predicted octanol–water partition coefficient (Wildman–Crippen LogP) is 7.05. The van der Waals surface area contributed by atoms with Crippen LogP contribution in [-0.2, 0) is 20.8 Å². The van der Waals surface area contributed by atoms with Gasteiger partial charge in [-0.05, 0) is 74.8 Å². The molecule has 1 saturated carbocycles. The van der Waals surface area contributed by atoms with Crippen LogP contribution < -0.4 is 10.1 Å². The first-order valence-corrected chi connectivity index (χ1v) is 14.2. The smallest absolute Gasteiger partial charge is 0.411 e. The zero-order valence-corrected chi connectivity index (χ0v) is 23.9. The van der Waals surface area contributed by atoms with Crippen LogP contribution in [0, 0.1) is 11.8 Å². The third-order valence-electron chi connectivity index (χ3n) is 7.43. The lowest BCUT2D eigenvalue weighted by atomic mass is 10.0. The van der Waals surface area contributed by atoms with Gasteiger partial charge in [0.15, 0.2) is 0 Å². The first-order valence-electron chi connectivity index (χ1n) is 14.2. The number of ether oxygens (including phenoxy) is 3. The Hall–Kier alpha value is -4.10. The molecule has 2 fully saturated rings. The van der Waals surface area contributed by atoms with Crippen molar-refractivity contribution in [3.8, 4) is 16.9 Å². The Morgan fingerprint density at radius 1 is 0.927 bits per heavy atom. The third kappa shape index (κ3) is 7.98. The van der Waals surface area contributed by atoms with Gasteiger partial charge in [-0.25, -0.2) is 9.59 Å². The normalized spacial score (nSPS) is 20.5. The fourth-order valence-corrected chi connectivity index (χ4v) is 5.80. The number of carbonyl (C=O) groups is 2. The van der Waals surface area contributed by atoms with Gasteiger partial charge in [0.25, 0.3) is 0 Å². The largest absolute Gasteiger partial charge is 0.465 e. The van der Waals surface area contributed by atoms with Crippen molar-refractivity contribution in [2.24, 2.45) is 11.8 Å². The van der Waals surface area contributed by atoms with E-state index in [1.807, 2.05) is 93.6 Å². The highest BCUT2D eigenvalue weighted by Gasteiger charge is 2.42. The molecule has 7 heteroatoms. The van der Waals surface area contributed by atoms with Gasteiger partial charge in [-0.2, -0.15) is 0 Å². The zero-order valence-electron chi connectivity index (χ0n) is 23.9. The number of fused-ring (bicyclic) bond motifs is 1. The van der Waals surface area contributed by atoms with Crippen molar-refractivity contribution in [1.29, 1.82) is 0 Å². The fraction of sp³-hybridized carbons (Fsp3) is 0.353. The average Bonchev–Trinajstić information content (AvgIpc) is 3.46. The van der Waals surface area contributed by atoms with E-state index in [4.69, 9.17) is 14.2 Å². The van der Waals surface area contributed by atoms with Gasteiger partial charge in [0.2, 0.25) is 0 Å². The SMILES string of the molecule is CC(C)(C)OC(=O)C=COc1cccc(CN2C[C@H]3CC(OC(=O)Nc4ccccc4-c4ccccc4)C[C@H]3C2)c1. The Balaban J connectivity index is 1.08. The fourth-order valence-electron chi connectivity index (χ4n) is 5.80. The molecule has 0 radical (unpaired) electrons. The summed E-state index contributed by atoms with van der Waals surface area (Å²) in [5.74, 6) is 1.27. The van der Waals surface area contributed by atoms with E-state index in [1.54, 1.807) is 0 Å². The highest BCUT2D eigenvalue weighted by Crippen LogP contribution is 2.40. The molecule has 214 valence electrons. The van der Waals surface area contributed by atoms with Crippen LogP contribution in [0.3, 0.4) is 0 Å². The van der Waals surface area contributed by atoms with Crippen LogP contribution in [0.1, 0.15) is 39.2 Å². The van der Waals surface area contributed by atoms with Crippen LogP contribution in [0.15, 0.2) is 91.2 Å². The first-order chi connectivity index (χ1) is 19.7. The Labute approximate surface area is 242 Å². The molecule has 1 N–H and O–H groups in total. The first kappa shape index (κ1) is 28.4. The predicted molar refractivity (Wildman–Crippen MR) is 159 cm³/mol. The molecule has 5 rings (SSSR count). The van der Waals surface area contributed by atoms with Crippen LogP contribution in [0.5, 0.6) is 5.75 Å². The number of hydrogen-bond acceptors (Lipinski definition) is 6. The van der Waals surface area contributed by atoms with Gasteiger partial charge in [-0.3, -0.25) is 10.2 Å². The summed E-state index contributed by atoms with van der Waals surface area (Å²) < 4.78 is 16.8. The lowest BCUT2D eigenvalue weighted by Crippen LogP contribution is -2.25. The summed E-state index contributed by atoms with van der Waals surface area (Å²) in [4.78, 5) is 27.1. The maximum Gasteiger partial charge on any atom is 0.411 e. The summed E-state index contributed by atoms with van der Waals surface area (Å²) in [5, 5.41) is 2.96. The standard InChI is InChI=1S/C34H38N2O5/c1-34(2,3)41-32(37)16-17-39-28-13-9-10-24(18-28)21-36-22-26-19-29(20-27(26)23-36)40-33(38)35-31-15-8-7-14-30(31)25-11-5-4-6-12-25/h4-18,26-27,29H,19-23H2,1-3H3,(H,35,38)/t26-,27+,29?. The van der Waals surface area contributed by atoms with Gasteiger partial charge in [-0.15, -0.1) is 0 Å². The number of anilines is 1. The second kappa shape index (κ2) is 12.6. The van der Waals surface area contributed by atoms with Crippen molar-refractivity contribution in [3.63, 3.8) is 0 Å². The number of esters is 1. The summed E-state index contributed by atoms with van der Waals surface area (Å²) in [7, 11) is 0. The number of nitrogens with zero attached hydrogens (tertiary/aromatic N) is 1. The number of nitrogens with one attached hydrogen (secondary N) is 1. The molecule has 1 unspecified atom stereocenters. The molecule has 7 nitrogen and oxygen atoms in total. The van der Waals surface area contributed by atoms with Crippen LogP contribution in [0.25, 0.3) is 11.1 Å². The number of hydrogen-bond donors (Lipinski definition) is 1. The number of para-hydroxylation sites is 1. The molecule has 0 aromatic heterocycles. The second-order valence-electron chi connectivity index (χ2n) is 11.9. The van der Waals surface area contributed by atoms with Gasteiger partial charge in [0, 0.05) is 25.2 Å². The van der Waals surface area contributed by atoms with E-state index in [2.05, 4.69) is 16.3 Å². The van der Waals surface area contributed by atoms with Crippen LogP contribution in [-0.4, -0.2) is 41.8 Å². The summed E-state index contributed by atoms with van der Waals surface area (Å²) in [6, 6.07) is 25.7. The molecule has 41 heavy (non-hydrogen) atoms. The minimum absolute atomic E-state index is 0.0653. The molecule has 0 bridgehead atoms. The highest BCUT2D eigenvalue weighted by atomic mass is 16.6. The Morgan fingerprint density at radius 2 is 1.63 bits per heavy atom. The molecule has 3 aromatic rings. The monoisotopic (exact) mass is 554 g/mol. The van der Waals surface area contributed by atoms with Crippen molar-refractivity contribution in [3.05, 3.63) is 96.8 Å². The Bertz CT molecular complexity index is 1370. The molecule has 1 saturated heterocycles. The highest BCUT2D eigenvalue weighted by molar-refractivity contribution is 5.91. The van der Waals surface area contributed by atoms with Crippen molar-refractivity contribution in [2.75, 3.05) is 18.4 Å². The topological polar surface area (TPSA) is 77.1 Å². The van der Waals surface area contributed by atoms with E-state index in [0.29, 0.717) is 17.6 Å². The van der Waals surface area contributed by atoms with Crippen molar-refractivity contribution in [2.45, 2.75) is 51.9 Å². The van der Waals surface area contributed by atoms with Crippen LogP contribution >= 0.6 is 0 Å². The van der Waals surface area contributed by atoms with Gasteiger partial charge in [-0.1, -0.05) is 60.7 Å². The maximum absolute atomic E-state index is 12.8. The summed E-state index contributed by atoms with van der Waals surface area (Å²) in [5.41, 5.74) is 3.38. The van der Waals surface area contributed by atoms with Crippen LogP contribution in [0.2, 0.25) is 0 Å². The van der Waals surface area contributed by atoms with Crippen molar-refractivity contribution < 1.29 is 23.8 Å². The molecular weight excluding hydrogens is 516 g/mol. The molecule has 0 spiro atoms. The minimum Gasteiger partial charge on any atom is -0.465 e. The van der Waals surface area contributed by atoms with E-state index >= 15 is 0 Å². The Kier molecular flexibility index (Phi) is 8.74. The number of benzene rings is 3. The summed E-state index contributed by atoms with van der Waals surface area (Å²) in [6.45, 7) is 8.26. The number of rotatable bonds is 8. The maximum atomic E-state index is 12.8. The van der Waals surface area contributed by atoms with E-state index in [1.165, 1.54) is 12.3 Å². The number of amides is 1. The minimum atomic E-state index is -0.539. The van der Waals surface area contributed by atoms with Crippen molar-refractivity contribution >= 4 is 17.7 Å². The van der Waals surface area contributed by atoms with E-state index < -0.39 is 17.7 Å². The Morgan fingerprint density at radius 3 is 2.37 bits per heavy atom. The average molecular weight is 555 g/mol. The van der Waals surface area contributed by atoms with Crippen LogP contribution in [0.4, 0.5) is 10.5 Å². The summed E-state index contributed by atoms with van der Waals surface area (Å²) >= 11 is 0. The molecule has 3 atom stereocenters. The quantitative estimate of drug-likeness (QED) is 0.183.